The van der Waals surface area contributed by atoms with E-state index in [1.165, 1.54) is 27.7 Å². The summed E-state index contributed by atoms with van der Waals surface area (Å²) in [4.78, 5) is 18.8. The van der Waals surface area contributed by atoms with Crippen LogP contribution in [0.4, 0.5) is 0 Å². The standard InChI is InChI=1S/C26H28N2O2/c1-17-25(22-5-3-4-6-24(22)27-17)18-11-13-28(14-12-18)16-20-15-23(20)26(29)19-7-9-21(30-2)10-8-19/h3-11,20,23,27H,12-16H2,1-2H3/t20-,23+/m1/s1. The molecule has 4 nitrogen and oxygen atoms in total. The first-order valence-corrected chi connectivity index (χ1v) is 10.8. The van der Waals surface area contributed by atoms with Gasteiger partial charge in [-0.3, -0.25) is 9.69 Å². The Kier molecular flexibility index (Phi) is 4.95. The number of para-hydroxylation sites is 1. The fourth-order valence-electron chi connectivity index (χ4n) is 4.87. The number of aromatic amines is 1. The van der Waals surface area contributed by atoms with Gasteiger partial charge in [-0.15, -0.1) is 0 Å². The topological polar surface area (TPSA) is 45.3 Å². The van der Waals surface area contributed by atoms with Gasteiger partial charge in [0.05, 0.1) is 7.11 Å². The molecule has 4 heteroatoms. The number of hydrogen-bond donors (Lipinski definition) is 1. The van der Waals surface area contributed by atoms with Gasteiger partial charge in [0, 0.05) is 53.3 Å². The van der Waals surface area contributed by atoms with Crippen LogP contribution in [-0.4, -0.2) is 42.4 Å². The van der Waals surface area contributed by atoms with Crippen molar-refractivity contribution in [3.8, 4) is 5.75 Å². The molecule has 1 N–H and O–H groups in total. The highest BCUT2D eigenvalue weighted by molar-refractivity contribution is 5.99. The van der Waals surface area contributed by atoms with Crippen molar-refractivity contribution in [2.75, 3.05) is 26.7 Å². The molecule has 1 aliphatic heterocycles. The Morgan fingerprint density at radius 3 is 2.70 bits per heavy atom. The smallest absolute Gasteiger partial charge is 0.166 e. The minimum Gasteiger partial charge on any atom is -0.497 e. The van der Waals surface area contributed by atoms with Gasteiger partial charge in [0.2, 0.25) is 0 Å². The number of nitrogens with zero attached hydrogens (tertiary/aromatic N) is 1. The molecule has 0 radical (unpaired) electrons. The number of ketones is 1. The van der Waals surface area contributed by atoms with Crippen LogP contribution in [0.25, 0.3) is 16.5 Å². The molecule has 2 atom stereocenters. The van der Waals surface area contributed by atoms with E-state index in [-0.39, 0.29) is 11.7 Å². The van der Waals surface area contributed by atoms with E-state index < -0.39 is 0 Å². The van der Waals surface area contributed by atoms with Crippen molar-refractivity contribution in [1.29, 1.82) is 0 Å². The minimum absolute atomic E-state index is 0.180. The summed E-state index contributed by atoms with van der Waals surface area (Å²) in [5.74, 6) is 1.74. The van der Waals surface area contributed by atoms with Crippen LogP contribution in [0.1, 0.15) is 34.5 Å². The van der Waals surface area contributed by atoms with E-state index in [1.807, 2.05) is 24.3 Å². The van der Waals surface area contributed by atoms with Gasteiger partial charge >= 0.3 is 0 Å². The maximum Gasteiger partial charge on any atom is 0.166 e. The molecule has 1 fully saturated rings. The van der Waals surface area contributed by atoms with E-state index >= 15 is 0 Å². The summed E-state index contributed by atoms with van der Waals surface area (Å²) in [6, 6.07) is 16.1. The molecule has 154 valence electrons. The van der Waals surface area contributed by atoms with Crippen molar-refractivity contribution in [1.82, 2.24) is 9.88 Å². The number of nitrogens with one attached hydrogen (secondary N) is 1. The molecule has 30 heavy (non-hydrogen) atoms. The molecule has 0 amide bonds. The average Bonchev–Trinajstić information content (AvgIpc) is 3.46. The number of benzene rings is 2. The summed E-state index contributed by atoms with van der Waals surface area (Å²) in [6.45, 7) is 5.21. The lowest BCUT2D eigenvalue weighted by Gasteiger charge is -2.26. The summed E-state index contributed by atoms with van der Waals surface area (Å²) < 4.78 is 5.19. The molecule has 5 rings (SSSR count). The van der Waals surface area contributed by atoms with Crippen molar-refractivity contribution >= 4 is 22.3 Å². The zero-order valence-electron chi connectivity index (χ0n) is 17.7. The molecular formula is C26H28N2O2. The highest BCUT2D eigenvalue weighted by atomic mass is 16.5. The third-order valence-electron chi connectivity index (χ3n) is 6.63. The van der Waals surface area contributed by atoms with Crippen molar-refractivity contribution in [2.45, 2.75) is 19.8 Å². The molecule has 0 saturated heterocycles. The Bertz CT molecular complexity index is 1110. The third-order valence-corrected chi connectivity index (χ3v) is 6.63. The Morgan fingerprint density at radius 2 is 1.97 bits per heavy atom. The second-order valence-electron chi connectivity index (χ2n) is 8.60. The summed E-state index contributed by atoms with van der Waals surface area (Å²) in [5.41, 5.74) is 6.10. The van der Waals surface area contributed by atoms with E-state index in [0.29, 0.717) is 5.92 Å². The number of carbonyl (C=O) groups excluding carboxylic acids is 1. The molecule has 0 bridgehead atoms. The van der Waals surface area contributed by atoms with Gasteiger partial charge in [-0.1, -0.05) is 24.3 Å². The Balaban J connectivity index is 1.21. The number of ether oxygens (including phenoxy) is 1. The zero-order valence-corrected chi connectivity index (χ0v) is 17.7. The first-order valence-electron chi connectivity index (χ1n) is 10.8. The van der Waals surface area contributed by atoms with Crippen LogP contribution in [-0.2, 0) is 0 Å². The van der Waals surface area contributed by atoms with E-state index in [9.17, 15) is 4.79 Å². The monoisotopic (exact) mass is 400 g/mol. The number of methoxy groups -OCH3 is 1. The highest BCUT2D eigenvalue weighted by Crippen LogP contribution is 2.42. The zero-order chi connectivity index (χ0) is 20.7. The Morgan fingerprint density at radius 1 is 1.17 bits per heavy atom. The van der Waals surface area contributed by atoms with Crippen LogP contribution in [0.3, 0.4) is 0 Å². The first kappa shape index (κ1) is 19.1. The second-order valence-corrected chi connectivity index (χ2v) is 8.60. The number of fused-ring (bicyclic) bond motifs is 1. The van der Waals surface area contributed by atoms with Crippen molar-refractivity contribution < 1.29 is 9.53 Å². The summed E-state index contributed by atoms with van der Waals surface area (Å²) in [6.07, 6.45) is 4.46. The predicted octanol–water partition coefficient (Wildman–Crippen LogP) is 5.09. The van der Waals surface area contributed by atoms with Gasteiger partial charge in [0.25, 0.3) is 0 Å². The Labute approximate surface area is 177 Å². The average molecular weight is 401 g/mol. The van der Waals surface area contributed by atoms with E-state index in [0.717, 1.165) is 43.8 Å². The molecule has 1 saturated carbocycles. The van der Waals surface area contributed by atoms with E-state index in [2.05, 4.69) is 47.1 Å². The number of hydrogen-bond acceptors (Lipinski definition) is 3. The van der Waals surface area contributed by atoms with Gasteiger partial charge in [-0.25, -0.2) is 0 Å². The molecule has 3 aromatic rings. The van der Waals surface area contributed by atoms with Gasteiger partial charge < -0.3 is 9.72 Å². The lowest BCUT2D eigenvalue weighted by Crippen LogP contribution is -2.31. The molecule has 2 aliphatic rings. The lowest BCUT2D eigenvalue weighted by molar-refractivity contribution is 0.0957. The summed E-state index contributed by atoms with van der Waals surface area (Å²) in [5, 5.41) is 1.32. The minimum atomic E-state index is 0.180. The predicted molar refractivity (Wildman–Crippen MR) is 121 cm³/mol. The lowest BCUT2D eigenvalue weighted by atomic mass is 9.96. The SMILES string of the molecule is COc1ccc(C(=O)[C@H]2C[C@@H]2CN2CC=C(c3c(C)[nH]c4ccccc34)CC2)cc1. The molecule has 1 aliphatic carbocycles. The number of H-pyrrole nitrogens is 1. The van der Waals surface area contributed by atoms with Gasteiger partial charge in [-0.05, 0) is 61.6 Å². The molecule has 1 aromatic heterocycles. The highest BCUT2D eigenvalue weighted by Gasteiger charge is 2.43. The number of aryl methyl sites for hydroxylation is 1. The number of rotatable bonds is 6. The maximum absolute atomic E-state index is 12.8. The molecular weight excluding hydrogens is 372 g/mol. The number of aromatic nitrogens is 1. The fraction of sp³-hybridized carbons (Fsp3) is 0.346. The van der Waals surface area contributed by atoms with Crippen LogP contribution in [0.15, 0.2) is 54.6 Å². The van der Waals surface area contributed by atoms with Gasteiger partial charge in [0.15, 0.2) is 5.78 Å². The van der Waals surface area contributed by atoms with Gasteiger partial charge in [-0.2, -0.15) is 0 Å². The van der Waals surface area contributed by atoms with Crippen LogP contribution in [0, 0.1) is 18.8 Å². The quantitative estimate of drug-likeness (QED) is 0.586. The number of Topliss-reactive ketones (excluding diaryl/α,β-unsaturated/α-hetero) is 1. The normalized spacial score (nSPS) is 21.5. The molecule has 0 spiro atoms. The van der Waals surface area contributed by atoms with E-state index in [4.69, 9.17) is 4.74 Å². The molecule has 2 aromatic carbocycles. The third kappa shape index (κ3) is 3.56. The maximum atomic E-state index is 12.8. The molecule has 2 heterocycles. The van der Waals surface area contributed by atoms with Crippen LogP contribution in [0.2, 0.25) is 0 Å². The van der Waals surface area contributed by atoms with Crippen molar-refractivity contribution in [3.63, 3.8) is 0 Å². The van der Waals surface area contributed by atoms with Crippen LogP contribution >= 0.6 is 0 Å². The van der Waals surface area contributed by atoms with Gasteiger partial charge in [0.1, 0.15) is 5.75 Å². The van der Waals surface area contributed by atoms with Crippen molar-refractivity contribution in [3.05, 3.63) is 71.4 Å². The first-order chi connectivity index (χ1) is 14.6. The summed E-state index contributed by atoms with van der Waals surface area (Å²) >= 11 is 0. The van der Waals surface area contributed by atoms with Crippen molar-refractivity contribution in [2.24, 2.45) is 11.8 Å². The van der Waals surface area contributed by atoms with Crippen LogP contribution in [0.5, 0.6) is 5.75 Å². The largest absolute Gasteiger partial charge is 0.497 e. The fourth-order valence-corrected chi connectivity index (χ4v) is 4.87. The molecule has 0 unspecified atom stereocenters. The second kappa shape index (κ2) is 7.77. The van der Waals surface area contributed by atoms with Crippen LogP contribution < -0.4 is 4.74 Å². The van der Waals surface area contributed by atoms with E-state index in [1.54, 1.807) is 7.11 Å². The Hall–Kier alpha value is -2.85. The number of carbonyl (C=O) groups is 1. The summed E-state index contributed by atoms with van der Waals surface area (Å²) in [7, 11) is 1.64.